The summed E-state index contributed by atoms with van der Waals surface area (Å²) in [4.78, 5) is 2.95. The maximum atomic E-state index is 13.0. The van der Waals surface area contributed by atoms with Crippen LogP contribution < -0.4 is 4.74 Å². The summed E-state index contributed by atoms with van der Waals surface area (Å²) in [6.07, 6.45) is 0.0708. The second kappa shape index (κ2) is 8.92. The summed E-state index contributed by atoms with van der Waals surface area (Å²) < 4.78 is 31.7. The number of likely N-dealkylation sites (tertiary alicyclic amines) is 1. The number of para-hydroxylation sites is 1. The van der Waals surface area contributed by atoms with Crippen molar-refractivity contribution < 1.29 is 18.3 Å². The molecule has 1 unspecified atom stereocenters. The molecule has 4 rings (SSSR count). The number of sulfone groups is 1. The molecule has 1 aliphatic rings. The first-order valence-corrected chi connectivity index (χ1v) is 12.6. The quantitative estimate of drug-likeness (QED) is 0.554. The SMILES string of the molecule is COc1ccccc1[C@H]1CCN(C)[C@H]1C(O)c1ccc(S(=O)(=O)c2ccc(Cl)cc2)s1. The first-order valence-electron chi connectivity index (χ1n) is 9.94. The van der Waals surface area contributed by atoms with Crippen molar-refractivity contribution in [2.45, 2.75) is 33.6 Å². The van der Waals surface area contributed by atoms with Crippen LogP contribution in [-0.4, -0.2) is 45.2 Å². The van der Waals surface area contributed by atoms with Gasteiger partial charge in [0.15, 0.2) is 0 Å². The Balaban J connectivity index is 1.64. The summed E-state index contributed by atoms with van der Waals surface area (Å²) in [5, 5.41) is 11.8. The summed E-state index contributed by atoms with van der Waals surface area (Å²) in [7, 11) is -0.0294. The maximum absolute atomic E-state index is 13.0. The molecule has 1 saturated heterocycles. The van der Waals surface area contributed by atoms with Crippen molar-refractivity contribution in [2.24, 2.45) is 0 Å². The van der Waals surface area contributed by atoms with Crippen LogP contribution >= 0.6 is 22.9 Å². The summed E-state index contributed by atoms with van der Waals surface area (Å²) in [5.74, 6) is 0.881. The minimum absolute atomic E-state index is 0.0783. The van der Waals surface area contributed by atoms with Gasteiger partial charge in [0.05, 0.1) is 12.0 Å². The summed E-state index contributed by atoms with van der Waals surface area (Å²) >= 11 is 7.00. The number of aliphatic hydroxyl groups excluding tert-OH is 1. The Morgan fingerprint density at radius 2 is 1.84 bits per heavy atom. The topological polar surface area (TPSA) is 66.8 Å². The van der Waals surface area contributed by atoms with Gasteiger partial charge < -0.3 is 9.84 Å². The van der Waals surface area contributed by atoms with Gasteiger partial charge in [-0.25, -0.2) is 8.42 Å². The van der Waals surface area contributed by atoms with E-state index in [2.05, 4.69) is 4.90 Å². The molecule has 1 N–H and O–H groups in total. The molecule has 0 amide bonds. The first kappa shape index (κ1) is 22.3. The largest absolute Gasteiger partial charge is 0.496 e. The molecule has 31 heavy (non-hydrogen) atoms. The van der Waals surface area contributed by atoms with E-state index in [1.54, 1.807) is 31.4 Å². The lowest BCUT2D eigenvalue weighted by molar-refractivity contribution is 0.0803. The van der Waals surface area contributed by atoms with Crippen molar-refractivity contribution in [3.63, 3.8) is 0 Å². The van der Waals surface area contributed by atoms with Gasteiger partial charge in [0.2, 0.25) is 9.84 Å². The Morgan fingerprint density at radius 3 is 2.55 bits per heavy atom. The summed E-state index contributed by atoms with van der Waals surface area (Å²) in [6, 6.07) is 17.1. The number of rotatable bonds is 6. The average molecular weight is 478 g/mol. The van der Waals surface area contributed by atoms with Gasteiger partial charge >= 0.3 is 0 Å². The van der Waals surface area contributed by atoms with E-state index < -0.39 is 15.9 Å². The monoisotopic (exact) mass is 477 g/mol. The third-order valence-electron chi connectivity index (χ3n) is 5.86. The van der Waals surface area contributed by atoms with Crippen molar-refractivity contribution in [3.8, 4) is 5.75 Å². The van der Waals surface area contributed by atoms with E-state index in [9.17, 15) is 13.5 Å². The number of hydrogen-bond acceptors (Lipinski definition) is 6. The fraction of sp³-hybridized carbons (Fsp3) is 0.304. The van der Waals surface area contributed by atoms with Crippen LogP contribution in [0.1, 0.15) is 28.9 Å². The molecular weight excluding hydrogens is 454 g/mol. The van der Waals surface area contributed by atoms with Crippen molar-refractivity contribution in [1.29, 1.82) is 0 Å². The number of halogens is 1. The van der Waals surface area contributed by atoms with Crippen molar-refractivity contribution in [1.82, 2.24) is 4.90 Å². The predicted octanol–water partition coefficient (Wildman–Crippen LogP) is 4.76. The van der Waals surface area contributed by atoms with E-state index in [1.165, 1.54) is 12.1 Å². The lowest BCUT2D eigenvalue weighted by atomic mass is 9.87. The van der Waals surface area contributed by atoms with E-state index in [0.29, 0.717) is 9.90 Å². The number of likely N-dealkylation sites (N-methyl/N-ethyl adjacent to an activating group) is 1. The Morgan fingerprint density at radius 1 is 1.13 bits per heavy atom. The van der Waals surface area contributed by atoms with Crippen LogP contribution in [0.5, 0.6) is 5.75 Å². The van der Waals surface area contributed by atoms with Gasteiger partial charge in [0, 0.05) is 21.9 Å². The number of ether oxygens (including phenoxy) is 1. The number of thiophene rings is 1. The molecular formula is C23H24ClNO4S2. The van der Waals surface area contributed by atoms with Crippen molar-refractivity contribution in [3.05, 3.63) is 76.1 Å². The predicted molar refractivity (Wildman–Crippen MR) is 123 cm³/mol. The third kappa shape index (κ3) is 4.25. The van der Waals surface area contributed by atoms with E-state index in [1.807, 2.05) is 31.3 Å². The molecule has 3 aromatic rings. The third-order valence-corrected chi connectivity index (χ3v) is 9.53. The van der Waals surface area contributed by atoms with Crippen LogP contribution in [0.15, 0.2) is 69.8 Å². The van der Waals surface area contributed by atoms with Crippen LogP contribution in [0.3, 0.4) is 0 Å². The highest BCUT2D eigenvalue weighted by atomic mass is 35.5. The molecule has 0 spiro atoms. The highest BCUT2D eigenvalue weighted by Gasteiger charge is 2.40. The van der Waals surface area contributed by atoms with Gasteiger partial charge in [-0.2, -0.15) is 0 Å². The second-order valence-electron chi connectivity index (χ2n) is 7.67. The molecule has 0 saturated carbocycles. The Labute approximate surface area is 191 Å². The zero-order valence-electron chi connectivity index (χ0n) is 17.2. The molecule has 2 heterocycles. The normalized spacial score (nSPS) is 20.6. The summed E-state index contributed by atoms with van der Waals surface area (Å²) in [5.41, 5.74) is 1.06. The van der Waals surface area contributed by atoms with Gasteiger partial charge in [-0.05, 0) is 68.0 Å². The Bertz CT molecular complexity index is 1160. The number of hydrogen-bond donors (Lipinski definition) is 1. The van der Waals surface area contributed by atoms with Crippen LogP contribution in [-0.2, 0) is 9.84 Å². The van der Waals surface area contributed by atoms with E-state index in [0.717, 1.165) is 35.6 Å². The van der Waals surface area contributed by atoms with Crippen LogP contribution in [0.25, 0.3) is 0 Å². The molecule has 3 atom stereocenters. The molecule has 2 aromatic carbocycles. The van der Waals surface area contributed by atoms with Crippen LogP contribution in [0.2, 0.25) is 5.02 Å². The molecule has 164 valence electrons. The Kier molecular flexibility index (Phi) is 6.42. The van der Waals surface area contributed by atoms with Gasteiger partial charge in [-0.1, -0.05) is 29.8 Å². The first-order chi connectivity index (χ1) is 14.8. The minimum atomic E-state index is -3.67. The molecule has 0 bridgehead atoms. The van der Waals surface area contributed by atoms with Gasteiger partial charge in [-0.3, -0.25) is 4.90 Å². The van der Waals surface area contributed by atoms with Gasteiger partial charge in [-0.15, -0.1) is 11.3 Å². The fourth-order valence-electron chi connectivity index (χ4n) is 4.28. The number of nitrogens with zero attached hydrogens (tertiary/aromatic N) is 1. The number of aliphatic hydroxyl groups is 1. The second-order valence-corrected chi connectivity index (χ2v) is 11.4. The van der Waals surface area contributed by atoms with Crippen molar-refractivity contribution >= 4 is 32.8 Å². The van der Waals surface area contributed by atoms with Crippen LogP contribution in [0.4, 0.5) is 0 Å². The van der Waals surface area contributed by atoms with Crippen LogP contribution in [0, 0.1) is 0 Å². The van der Waals surface area contributed by atoms with E-state index in [-0.39, 0.29) is 21.1 Å². The van der Waals surface area contributed by atoms with Gasteiger partial charge in [0.1, 0.15) is 16.1 Å². The maximum Gasteiger partial charge on any atom is 0.215 e. The molecule has 1 aliphatic heterocycles. The number of methoxy groups -OCH3 is 1. The van der Waals surface area contributed by atoms with E-state index in [4.69, 9.17) is 16.3 Å². The molecule has 0 radical (unpaired) electrons. The van der Waals surface area contributed by atoms with Crippen molar-refractivity contribution in [2.75, 3.05) is 20.7 Å². The standard InChI is InChI=1S/C23H24ClNO4S2/c1-25-14-13-18(17-5-3-4-6-19(17)29-2)22(25)23(26)20-11-12-21(30-20)31(27,28)16-9-7-15(24)8-10-16/h3-12,18,22-23,26H,13-14H2,1-2H3/t18-,22-,23?/m1/s1. The molecule has 1 fully saturated rings. The van der Waals surface area contributed by atoms with Gasteiger partial charge in [0.25, 0.3) is 0 Å². The average Bonchev–Trinajstić information content (AvgIpc) is 3.41. The minimum Gasteiger partial charge on any atom is -0.496 e. The smallest absolute Gasteiger partial charge is 0.215 e. The summed E-state index contributed by atoms with van der Waals surface area (Å²) in [6.45, 7) is 0.839. The highest BCUT2D eigenvalue weighted by Crippen LogP contribution is 2.44. The zero-order chi connectivity index (χ0) is 22.2. The number of benzene rings is 2. The Hall–Kier alpha value is -1.90. The molecule has 1 aromatic heterocycles. The molecule has 5 nitrogen and oxygen atoms in total. The fourth-order valence-corrected chi connectivity index (χ4v) is 7.16. The molecule has 8 heteroatoms. The molecule has 0 aliphatic carbocycles. The highest BCUT2D eigenvalue weighted by molar-refractivity contribution is 7.93. The van der Waals surface area contributed by atoms with E-state index >= 15 is 0 Å². The zero-order valence-corrected chi connectivity index (χ0v) is 19.6. The lowest BCUT2D eigenvalue weighted by Gasteiger charge is -2.30. The lowest BCUT2D eigenvalue weighted by Crippen LogP contribution is -2.34.